The van der Waals surface area contributed by atoms with E-state index in [0.29, 0.717) is 0 Å². The van der Waals surface area contributed by atoms with Crippen molar-refractivity contribution in [3.63, 3.8) is 0 Å². The van der Waals surface area contributed by atoms with Crippen molar-refractivity contribution in [2.75, 3.05) is 14.2 Å². The highest BCUT2D eigenvalue weighted by Gasteiger charge is 2.35. The van der Waals surface area contributed by atoms with Gasteiger partial charge in [0.05, 0.1) is 13.2 Å². The van der Waals surface area contributed by atoms with Crippen LogP contribution in [0.2, 0.25) is 0 Å². The number of amides is 1. The lowest BCUT2D eigenvalue weighted by Gasteiger charge is -2.26. The summed E-state index contributed by atoms with van der Waals surface area (Å²) in [5.74, 6) is 0.388. The van der Waals surface area contributed by atoms with Crippen molar-refractivity contribution in [2.45, 2.75) is 32.5 Å². The van der Waals surface area contributed by atoms with Crippen molar-refractivity contribution in [1.82, 2.24) is 5.48 Å². The zero-order valence-electron chi connectivity index (χ0n) is 12.0. The molecule has 0 saturated carbocycles. The summed E-state index contributed by atoms with van der Waals surface area (Å²) in [6, 6.07) is 7.23. The van der Waals surface area contributed by atoms with Crippen molar-refractivity contribution < 1.29 is 19.1 Å². The molecule has 0 radical (unpaired) electrons. The standard InChI is InChI=1S/C14H21NO4/c1-10(2)19-12-8-6-11(7-9-12)14(3,17-4)13(16)15-18-5/h6-10H,1-5H3,(H,15,16). The third-order valence-electron chi connectivity index (χ3n) is 2.81. The van der Waals surface area contributed by atoms with Crippen LogP contribution in [-0.4, -0.2) is 26.2 Å². The Labute approximate surface area is 113 Å². The van der Waals surface area contributed by atoms with Crippen LogP contribution < -0.4 is 10.2 Å². The quantitative estimate of drug-likeness (QED) is 0.801. The van der Waals surface area contributed by atoms with Gasteiger partial charge in [-0.05, 0) is 38.5 Å². The highest BCUT2D eigenvalue weighted by molar-refractivity contribution is 5.85. The van der Waals surface area contributed by atoms with E-state index >= 15 is 0 Å². The molecule has 0 fully saturated rings. The fraction of sp³-hybridized carbons (Fsp3) is 0.500. The Kier molecular flexibility index (Phi) is 5.32. The Balaban J connectivity index is 2.96. The van der Waals surface area contributed by atoms with Gasteiger partial charge in [-0.15, -0.1) is 0 Å². The van der Waals surface area contributed by atoms with Gasteiger partial charge in [0.25, 0.3) is 5.91 Å². The van der Waals surface area contributed by atoms with E-state index < -0.39 is 5.60 Å². The van der Waals surface area contributed by atoms with E-state index in [4.69, 9.17) is 9.47 Å². The third kappa shape index (κ3) is 3.68. The molecule has 5 nitrogen and oxygen atoms in total. The van der Waals surface area contributed by atoms with E-state index in [1.807, 2.05) is 26.0 Å². The molecule has 0 bridgehead atoms. The molecule has 1 aromatic rings. The fourth-order valence-corrected chi connectivity index (χ4v) is 1.66. The normalized spacial score (nSPS) is 14.0. The van der Waals surface area contributed by atoms with Gasteiger partial charge in [0, 0.05) is 7.11 Å². The lowest BCUT2D eigenvalue weighted by molar-refractivity contribution is -0.153. The Bertz CT molecular complexity index is 416. The van der Waals surface area contributed by atoms with Crippen LogP contribution in [0.25, 0.3) is 0 Å². The summed E-state index contributed by atoms with van der Waals surface area (Å²) in [6.07, 6.45) is 0.108. The molecule has 1 unspecified atom stereocenters. The number of rotatable bonds is 6. The monoisotopic (exact) mass is 267 g/mol. The maximum atomic E-state index is 12.0. The van der Waals surface area contributed by atoms with E-state index in [1.165, 1.54) is 14.2 Å². The number of carbonyl (C=O) groups is 1. The van der Waals surface area contributed by atoms with Crippen LogP contribution in [0, 0.1) is 0 Å². The molecule has 0 aromatic heterocycles. The first-order chi connectivity index (χ1) is 8.93. The molecule has 1 rings (SSSR count). The summed E-state index contributed by atoms with van der Waals surface area (Å²) in [6.45, 7) is 5.60. The van der Waals surface area contributed by atoms with Crippen LogP contribution in [0.15, 0.2) is 24.3 Å². The first-order valence-electron chi connectivity index (χ1n) is 6.09. The second kappa shape index (κ2) is 6.54. The molecule has 5 heteroatoms. The van der Waals surface area contributed by atoms with Crippen molar-refractivity contribution in [3.8, 4) is 5.75 Å². The lowest BCUT2D eigenvalue weighted by atomic mass is 9.95. The predicted octanol–water partition coefficient (Wildman–Crippen LogP) is 2.01. The molecule has 0 aliphatic rings. The number of methoxy groups -OCH3 is 1. The Morgan fingerprint density at radius 3 is 2.21 bits per heavy atom. The van der Waals surface area contributed by atoms with E-state index in [-0.39, 0.29) is 12.0 Å². The van der Waals surface area contributed by atoms with E-state index in [0.717, 1.165) is 11.3 Å². The largest absolute Gasteiger partial charge is 0.491 e. The number of hydroxylamine groups is 1. The van der Waals surface area contributed by atoms with Gasteiger partial charge in [0.2, 0.25) is 0 Å². The maximum Gasteiger partial charge on any atom is 0.280 e. The van der Waals surface area contributed by atoms with Gasteiger partial charge in [0.1, 0.15) is 5.75 Å². The fourth-order valence-electron chi connectivity index (χ4n) is 1.66. The zero-order valence-corrected chi connectivity index (χ0v) is 12.0. The first kappa shape index (κ1) is 15.5. The molecule has 1 aromatic carbocycles. The number of nitrogens with one attached hydrogen (secondary N) is 1. The van der Waals surface area contributed by atoms with Crippen LogP contribution in [0.4, 0.5) is 0 Å². The summed E-state index contributed by atoms with van der Waals surface area (Å²) >= 11 is 0. The number of benzene rings is 1. The van der Waals surface area contributed by atoms with Gasteiger partial charge in [-0.1, -0.05) is 12.1 Å². The second-order valence-corrected chi connectivity index (χ2v) is 4.56. The first-order valence-corrected chi connectivity index (χ1v) is 6.09. The third-order valence-corrected chi connectivity index (χ3v) is 2.81. The number of hydrogen-bond donors (Lipinski definition) is 1. The van der Waals surface area contributed by atoms with E-state index in [2.05, 4.69) is 10.3 Å². The molecule has 1 amide bonds. The van der Waals surface area contributed by atoms with Crippen LogP contribution in [-0.2, 0) is 20.0 Å². The van der Waals surface area contributed by atoms with Gasteiger partial charge in [-0.25, -0.2) is 5.48 Å². The number of ether oxygens (including phenoxy) is 2. The summed E-state index contributed by atoms with van der Waals surface area (Å²) in [4.78, 5) is 16.6. The van der Waals surface area contributed by atoms with Gasteiger partial charge in [-0.3, -0.25) is 9.63 Å². The van der Waals surface area contributed by atoms with Crippen molar-refractivity contribution >= 4 is 5.91 Å². The van der Waals surface area contributed by atoms with Crippen LogP contribution in [0.3, 0.4) is 0 Å². The van der Waals surface area contributed by atoms with Crippen molar-refractivity contribution in [3.05, 3.63) is 29.8 Å². The molecule has 19 heavy (non-hydrogen) atoms. The topological polar surface area (TPSA) is 56.8 Å². The Hall–Kier alpha value is -1.59. The minimum absolute atomic E-state index is 0.108. The molecule has 0 aliphatic heterocycles. The second-order valence-electron chi connectivity index (χ2n) is 4.56. The minimum atomic E-state index is -1.10. The summed E-state index contributed by atoms with van der Waals surface area (Å²) < 4.78 is 10.9. The average molecular weight is 267 g/mol. The van der Waals surface area contributed by atoms with Gasteiger partial charge >= 0.3 is 0 Å². The van der Waals surface area contributed by atoms with Gasteiger partial charge in [-0.2, -0.15) is 0 Å². The van der Waals surface area contributed by atoms with E-state index in [9.17, 15) is 4.79 Å². The average Bonchev–Trinajstić information content (AvgIpc) is 2.38. The molecule has 0 saturated heterocycles. The summed E-state index contributed by atoms with van der Waals surface area (Å²) in [5, 5.41) is 0. The van der Waals surface area contributed by atoms with Crippen LogP contribution >= 0.6 is 0 Å². The van der Waals surface area contributed by atoms with Crippen LogP contribution in [0.5, 0.6) is 5.75 Å². The van der Waals surface area contributed by atoms with Crippen LogP contribution in [0.1, 0.15) is 26.3 Å². The van der Waals surface area contributed by atoms with E-state index in [1.54, 1.807) is 19.1 Å². The van der Waals surface area contributed by atoms with Gasteiger partial charge in [0.15, 0.2) is 5.60 Å². The maximum absolute atomic E-state index is 12.0. The molecule has 0 heterocycles. The minimum Gasteiger partial charge on any atom is -0.491 e. The highest BCUT2D eigenvalue weighted by atomic mass is 16.6. The molecular formula is C14H21NO4. The zero-order chi connectivity index (χ0) is 14.5. The molecule has 0 aliphatic carbocycles. The molecule has 1 atom stereocenters. The Morgan fingerprint density at radius 2 is 1.79 bits per heavy atom. The van der Waals surface area contributed by atoms with Crippen molar-refractivity contribution in [2.24, 2.45) is 0 Å². The molecule has 106 valence electrons. The number of hydrogen-bond acceptors (Lipinski definition) is 4. The highest BCUT2D eigenvalue weighted by Crippen LogP contribution is 2.27. The number of carbonyl (C=O) groups excluding carboxylic acids is 1. The Morgan fingerprint density at radius 1 is 1.21 bits per heavy atom. The van der Waals surface area contributed by atoms with Crippen molar-refractivity contribution in [1.29, 1.82) is 0 Å². The molecule has 1 N–H and O–H groups in total. The summed E-state index contributed by atoms with van der Waals surface area (Å²) in [7, 11) is 2.86. The SMILES string of the molecule is CONC(=O)C(C)(OC)c1ccc(OC(C)C)cc1. The molecule has 0 spiro atoms. The predicted molar refractivity (Wildman–Crippen MR) is 71.7 cm³/mol. The lowest BCUT2D eigenvalue weighted by Crippen LogP contribution is -2.43. The summed E-state index contributed by atoms with van der Waals surface area (Å²) in [5.41, 5.74) is 1.91. The molecular weight excluding hydrogens is 246 g/mol. The smallest absolute Gasteiger partial charge is 0.280 e. The van der Waals surface area contributed by atoms with Gasteiger partial charge < -0.3 is 9.47 Å².